The van der Waals surface area contributed by atoms with Gasteiger partial charge in [0.1, 0.15) is 17.7 Å². The molecule has 2 aromatic carbocycles. The van der Waals surface area contributed by atoms with Gasteiger partial charge in [0.15, 0.2) is 11.5 Å². The van der Waals surface area contributed by atoms with E-state index in [1.165, 1.54) is 10.4 Å². The van der Waals surface area contributed by atoms with Crippen LogP contribution in [0.25, 0.3) is 0 Å². The van der Waals surface area contributed by atoms with Crippen molar-refractivity contribution in [3.63, 3.8) is 0 Å². The number of fused-ring (bicyclic) bond motifs is 1. The third kappa shape index (κ3) is 6.31. The molecule has 3 aromatic rings. The van der Waals surface area contributed by atoms with E-state index in [2.05, 4.69) is 33.4 Å². The third-order valence-electron chi connectivity index (χ3n) is 7.06. The van der Waals surface area contributed by atoms with E-state index in [0.29, 0.717) is 42.1 Å². The van der Waals surface area contributed by atoms with Crippen LogP contribution < -0.4 is 9.47 Å². The summed E-state index contributed by atoms with van der Waals surface area (Å²) in [6.45, 7) is 13.6. The summed E-state index contributed by atoms with van der Waals surface area (Å²) in [5.41, 5.74) is 4.92. The van der Waals surface area contributed by atoms with Crippen LogP contribution in [-0.4, -0.2) is 12.8 Å². The van der Waals surface area contributed by atoms with Crippen LogP contribution in [0.15, 0.2) is 54.0 Å². The highest BCUT2D eigenvalue weighted by molar-refractivity contribution is 7.16. The molecule has 0 amide bonds. The minimum absolute atomic E-state index is 0.255. The lowest BCUT2D eigenvalue weighted by atomic mass is 9.72. The molecular weight excluding hydrogens is 512 g/mol. The van der Waals surface area contributed by atoms with Gasteiger partial charge in [-0.05, 0) is 73.3 Å². The van der Waals surface area contributed by atoms with Crippen LogP contribution in [0.2, 0.25) is 5.02 Å². The summed E-state index contributed by atoms with van der Waals surface area (Å²) in [4.78, 5) is 6.12. The van der Waals surface area contributed by atoms with E-state index in [1.54, 1.807) is 11.3 Å². The summed E-state index contributed by atoms with van der Waals surface area (Å²) < 4.78 is 12.2. The zero-order chi connectivity index (χ0) is 27.3. The van der Waals surface area contributed by atoms with Crippen molar-refractivity contribution in [2.45, 2.75) is 60.0 Å². The average Bonchev–Trinajstić information content (AvgIpc) is 3.24. The number of aliphatic imine (C=N–C) groups is 1. The number of halogens is 1. The first-order chi connectivity index (χ1) is 18.2. The predicted molar refractivity (Wildman–Crippen MR) is 159 cm³/mol. The molecule has 1 aliphatic rings. The van der Waals surface area contributed by atoms with Crippen LogP contribution in [0, 0.1) is 22.7 Å². The van der Waals surface area contributed by atoms with Crippen molar-refractivity contribution in [2.75, 3.05) is 6.61 Å². The van der Waals surface area contributed by atoms with E-state index >= 15 is 0 Å². The second-order valence-electron chi connectivity index (χ2n) is 10.7. The molecule has 1 aromatic heterocycles. The number of nitrogens with zero attached hydrogens (tertiary/aromatic N) is 2. The molecule has 1 atom stereocenters. The Kier molecular flexibility index (Phi) is 8.97. The Morgan fingerprint density at radius 1 is 1.21 bits per heavy atom. The SMILES string of the molecule is C=CCc1cc(C=Nc2sc3c(c2C#N)CC[C@@H](C(C)(C)C)C3)cc(OCC)c1OCc1ccccc1Cl. The highest BCUT2D eigenvalue weighted by atomic mass is 35.5. The number of hydrogen-bond donors (Lipinski definition) is 0. The second kappa shape index (κ2) is 12.2. The Labute approximate surface area is 235 Å². The molecule has 1 aliphatic carbocycles. The Balaban J connectivity index is 1.65. The first kappa shape index (κ1) is 28.0. The van der Waals surface area contributed by atoms with E-state index < -0.39 is 0 Å². The van der Waals surface area contributed by atoms with Crippen LogP contribution in [0.4, 0.5) is 5.00 Å². The van der Waals surface area contributed by atoms with Crippen molar-refractivity contribution in [3.05, 3.63) is 86.8 Å². The molecule has 0 fully saturated rings. The number of ether oxygens (including phenoxy) is 2. The van der Waals surface area contributed by atoms with Gasteiger partial charge < -0.3 is 9.47 Å². The summed E-state index contributed by atoms with van der Waals surface area (Å²) in [5.74, 6) is 1.95. The zero-order valence-electron chi connectivity index (χ0n) is 22.6. The van der Waals surface area contributed by atoms with Crippen LogP contribution in [0.3, 0.4) is 0 Å². The molecule has 1 heterocycles. The van der Waals surface area contributed by atoms with Crippen molar-refractivity contribution < 1.29 is 9.47 Å². The van der Waals surface area contributed by atoms with Crippen LogP contribution in [-0.2, 0) is 25.9 Å². The standard InChI is InChI=1S/C32H35ClN2O2S/c1-6-10-22-15-21(16-28(36-7-2)30(22)37-20-23-11-8-9-12-27(23)33)19-35-31-26(18-34)25-14-13-24(32(3,4)5)17-29(25)38-31/h6,8-9,11-12,15-16,19,24H,1,7,10,13-14,17,20H2,2-5H3/t24-/m1/s1. The fourth-order valence-electron chi connectivity index (χ4n) is 4.91. The molecule has 4 rings (SSSR count). The van der Waals surface area contributed by atoms with Gasteiger partial charge in [0.05, 0.1) is 12.2 Å². The van der Waals surface area contributed by atoms with Gasteiger partial charge in [-0.3, -0.25) is 0 Å². The molecule has 198 valence electrons. The quantitative estimate of drug-likeness (QED) is 0.199. The van der Waals surface area contributed by atoms with Gasteiger partial charge in [0.2, 0.25) is 0 Å². The van der Waals surface area contributed by atoms with Crippen molar-refractivity contribution in [1.29, 1.82) is 5.26 Å². The minimum Gasteiger partial charge on any atom is -0.490 e. The lowest BCUT2D eigenvalue weighted by Crippen LogP contribution is -2.26. The van der Waals surface area contributed by atoms with Gasteiger partial charge in [-0.1, -0.05) is 56.6 Å². The van der Waals surface area contributed by atoms with E-state index in [1.807, 2.05) is 55.6 Å². The Bertz CT molecular complexity index is 1380. The van der Waals surface area contributed by atoms with E-state index in [9.17, 15) is 5.26 Å². The molecule has 0 unspecified atom stereocenters. The first-order valence-corrected chi connectivity index (χ1v) is 14.3. The molecule has 0 spiro atoms. The van der Waals surface area contributed by atoms with Gasteiger partial charge in [-0.15, -0.1) is 17.9 Å². The molecular formula is C32H35ClN2O2S. The topological polar surface area (TPSA) is 54.6 Å². The fraction of sp³-hybridized carbons (Fsp3) is 0.375. The van der Waals surface area contributed by atoms with Gasteiger partial charge >= 0.3 is 0 Å². The fourth-order valence-corrected chi connectivity index (χ4v) is 6.32. The minimum atomic E-state index is 0.255. The first-order valence-electron chi connectivity index (χ1n) is 13.1. The Morgan fingerprint density at radius 2 is 2.00 bits per heavy atom. The highest BCUT2D eigenvalue weighted by Crippen LogP contribution is 2.45. The molecule has 0 bridgehead atoms. The van der Waals surface area contributed by atoms with Gasteiger partial charge in [-0.2, -0.15) is 5.26 Å². The summed E-state index contributed by atoms with van der Waals surface area (Å²) in [6, 6.07) is 14.1. The molecule has 0 saturated heterocycles. The summed E-state index contributed by atoms with van der Waals surface area (Å²) in [7, 11) is 0. The van der Waals surface area contributed by atoms with Crippen molar-refractivity contribution in [1.82, 2.24) is 0 Å². The summed E-state index contributed by atoms with van der Waals surface area (Å²) in [5, 5.41) is 11.4. The maximum absolute atomic E-state index is 9.95. The molecule has 0 aliphatic heterocycles. The number of rotatable bonds is 9. The molecule has 0 saturated carbocycles. The van der Waals surface area contributed by atoms with Crippen LogP contribution in [0.5, 0.6) is 11.5 Å². The monoisotopic (exact) mass is 546 g/mol. The number of allylic oxidation sites excluding steroid dienone is 1. The predicted octanol–water partition coefficient (Wildman–Crippen LogP) is 8.88. The second-order valence-corrected chi connectivity index (χ2v) is 12.2. The van der Waals surface area contributed by atoms with Crippen molar-refractivity contribution in [2.24, 2.45) is 16.3 Å². The summed E-state index contributed by atoms with van der Waals surface area (Å²) in [6.07, 6.45) is 7.37. The van der Waals surface area contributed by atoms with Gasteiger partial charge in [0.25, 0.3) is 0 Å². The molecule has 4 nitrogen and oxygen atoms in total. The van der Waals surface area contributed by atoms with E-state index in [-0.39, 0.29) is 5.41 Å². The summed E-state index contributed by atoms with van der Waals surface area (Å²) >= 11 is 8.00. The molecule has 0 N–H and O–H groups in total. The number of nitriles is 1. The maximum Gasteiger partial charge on any atom is 0.165 e. The Hall–Kier alpha value is -3.07. The normalized spacial score (nSPS) is 15.2. The molecule has 38 heavy (non-hydrogen) atoms. The molecule has 0 radical (unpaired) electrons. The average molecular weight is 547 g/mol. The third-order valence-corrected chi connectivity index (χ3v) is 8.59. The van der Waals surface area contributed by atoms with Crippen LogP contribution in [0.1, 0.15) is 66.8 Å². The molecule has 6 heteroatoms. The lowest BCUT2D eigenvalue weighted by Gasteiger charge is -2.33. The number of thiophene rings is 1. The van der Waals surface area contributed by atoms with Gasteiger partial charge in [0, 0.05) is 27.2 Å². The van der Waals surface area contributed by atoms with Gasteiger partial charge in [-0.25, -0.2) is 4.99 Å². The maximum atomic E-state index is 9.95. The highest BCUT2D eigenvalue weighted by Gasteiger charge is 2.32. The van der Waals surface area contributed by atoms with E-state index in [4.69, 9.17) is 26.1 Å². The lowest BCUT2D eigenvalue weighted by molar-refractivity contribution is 0.218. The number of benzene rings is 2. The van der Waals surface area contributed by atoms with Crippen LogP contribution >= 0.6 is 22.9 Å². The largest absolute Gasteiger partial charge is 0.490 e. The Morgan fingerprint density at radius 3 is 2.68 bits per heavy atom. The van der Waals surface area contributed by atoms with E-state index in [0.717, 1.165) is 46.5 Å². The zero-order valence-corrected chi connectivity index (χ0v) is 24.2. The van der Waals surface area contributed by atoms with Crippen molar-refractivity contribution >= 4 is 34.2 Å². The number of hydrogen-bond acceptors (Lipinski definition) is 5. The smallest absolute Gasteiger partial charge is 0.165 e. The van der Waals surface area contributed by atoms with Crippen molar-refractivity contribution in [3.8, 4) is 17.6 Å².